The highest BCUT2D eigenvalue weighted by molar-refractivity contribution is 5.92. The number of nitrogens with zero attached hydrogens (tertiary/aromatic N) is 3. The third kappa shape index (κ3) is 4.52. The van der Waals surface area contributed by atoms with Crippen LogP contribution in [0.2, 0.25) is 0 Å². The zero-order valence-corrected chi connectivity index (χ0v) is 14.3. The van der Waals surface area contributed by atoms with Gasteiger partial charge in [-0.15, -0.1) is 0 Å². The molecule has 2 aromatic rings. The summed E-state index contributed by atoms with van der Waals surface area (Å²) in [5, 5.41) is 22.4. The van der Waals surface area contributed by atoms with Crippen LogP contribution in [0.3, 0.4) is 0 Å². The molecule has 6 nitrogen and oxygen atoms in total. The molecule has 0 spiro atoms. The van der Waals surface area contributed by atoms with Crippen LogP contribution < -0.4 is 0 Å². The third-order valence-corrected chi connectivity index (χ3v) is 3.86. The first kappa shape index (κ1) is 18.8. The number of halogens is 1. The number of amides is 1. The quantitative estimate of drug-likeness (QED) is 0.743. The van der Waals surface area contributed by atoms with Gasteiger partial charge in [0.1, 0.15) is 5.82 Å². The van der Waals surface area contributed by atoms with Gasteiger partial charge in [-0.1, -0.05) is 0 Å². The molecule has 0 aliphatic heterocycles. The third-order valence-electron chi connectivity index (χ3n) is 3.86. The summed E-state index contributed by atoms with van der Waals surface area (Å²) >= 11 is 0. The lowest BCUT2D eigenvalue weighted by atomic mass is 10.1. The number of aromatic nitrogens is 2. The number of aryl methyl sites for hydroxylation is 1. The van der Waals surface area contributed by atoms with Gasteiger partial charge in [0.05, 0.1) is 24.6 Å². The van der Waals surface area contributed by atoms with Crippen LogP contribution in [0.1, 0.15) is 17.0 Å². The van der Waals surface area contributed by atoms with Gasteiger partial charge in [-0.3, -0.25) is 4.79 Å². The van der Waals surface area contributed by atoms with Crippen LogP contribution >= 0.6 is 0 Å². The SMILES string of the molecule is Cc1nn(-c2ccc(F)cc2)c(C)c1/C=C/C(=O)N(CCO)CCO. The Bertz CT molecular complexity index is 748. The molecule has 1 amide bonds. The van der Waals surface area contributed by atoms with Crippen molar-refractivity contribution in [3.05, 3.63) is 53.1 Å². The number of carbonyl (C=O) groups excluding carboxylic acids is 1. The Morgan fingerprint density at radius 2 is 1.80 bits per heavy atom. The Labute approximate surface area is 145 Å². The van der Waals surface area contributed by atoms with Crippen molar-refractivity contribution in [3.63, 3.8) is 0 Å². The van der Waals surface area contributed by atoms with E-state index in [4.69, 9.17) is 10.2 Å². The summed E-state index contributed by atoms with van der Waals surface area (Å²) in [6.45, 7) is 3.69. The van der Waals surface area contributed by atoms with E-state index < -0.39 is 0 Å². The summed E-state index contributed by atoms with van der Waals surface area (Å²) in [4.78, 5) is 13.5. The Morgan fingerprint density at radius 1 is 1.20 bits per heavy atom. The Hall–Kier alpha value is -2.51. The lowest BCUT2D eigenvalue weighted by Crippen LogP contribution is -2.34. The van der Waals surface area contributed by atoms with Crippen LogP contribution in [-0.4, -0.2) is 57.1 Å². The first-order valence-corrected chi connectivity index (χ1v) is 7.98. The monoisotopic (exact) mass is 347 g/mol. The molecule has 0 saturated carbocycles. The molecule has 134 valence electrons. The van der Waals surface area contributed by atoms with Crippen molar-refractivity contribution in [1.29, 1.82) is 0 Å². The zero-order valence-electron chi connectivity index (χ0n) is 14.3. The summed E-state index contributed by atoms with van der Waals surface area (Å²) in [5.41, 5.74) is 3.09. The van der Waals surface area contributed by atoms with Crippen LogP contribution in [0.4, 0.5) is 4.39 Å². The van der Waals surface area contributed by atoms with Crippen molar-refractivity contribution in [2.45, 2.75) is 13.8 Å². The minimum absolute atomic E-state index is 0.163. The van der Waals surface area contributed by atoms with Crippen molar-refractivity contribution in [3.8, 4) is 5.69 Å². The number of hydrogen-bond acceptors (Lipinski definition) is 4. The maximum atomic E-state index is 13.1. The van der Waals surface area contributed by atoms with Crippen molar-refractivity contribution >= 4 is 12.0 Å². The molecule has 1 heterocycles. The molecule has 25 heavy (non-hydrogen) atoms. The molecule has 2 rings (SSSR count). The van der Waals surface area contributed by atoms with Crippen molar-refractivity contribution in [2.24, 2.45) is 0 Å². The van der Waals surface area contributed by atoms with Crippen LogP contribution in [0.15, 0.2) is 30.3 Å². The molecule has 0 fully saturated rings. The summed E-state index contributed by atoms with van der Waals surface area (Å²) in [5.74, 6) is -0.611. The molecule has 2 N–H and O–H groups in total. The van der Waals surface area contributed by atoms with Gasteiger partial charge in [-0.2, -0.15) is 5.10 Å². The highest BCUT2D eigenvalue weighted by atomic mass is 19.1. The fraction of sp³-hybridized carbons (Fsp3) is 0.333. The second-order valence-corrected chi connectivity index (χ2v) is 5.58. The molecule has 1 aromatic heterocycles. The van der Waals surface area contributed by atoms with Crippen molar-refractivity contribution in [2.75, 3.05) is 26.3 Å². The van der Waals surface area contributed by atoms with E-state index in [1.165, 1.54) is 23.1 Å². The molecule has 0 atom stereocenters. The Kier molecular flexibility index (Phi) is 6.44. The molecule has 0 radical (unpaired) electrons. The smallest absolute Gasteiger partial charge is 0.246 e. The predicted molar refractivity (Wildman–Crippen MR) is 92.8 cm³/mol. The molecule has 0 bridgehead atoms. The van der Waals surface area contributed by atoms with Gasteiger partial charge in [0.25, 0.3) is 0 Å². The topological polar surface area (TPSA) is 78.6 Å². The first-order chi connectivity index (χ1) is 12.0. The number of rotatable bonds is 7. The molecular weight excluding hydrogens is 325 g/mol. The van der Waals surface area contributed by atoms with Crippen molar-refractivity contribution in [1.82, 2.24) is 14.7 Å². The fourth-order valence-electron chi connectivity index (χ4n) is 2.56. The minimum atomic E-state index is -0.316. The lowest BCUT2D eigenvalue weighted by Gasteiger charge is -2.18. The highest BCUT2D eigenvalue weighted by Crippen LogP contribution is 2.19. The lowest BCUT2D eigenvalue weighted by molar-refractivity contribution is -0.126. The molecular formula is C18H22FN3O3. The normalized spacial score (nSPS) is 11.2. The summed E-state index contributed by atoms with van der Waals surface area (Å²) in [7, 11) is 0. The Balaban J connectivity index is 2.25. The van der Waals surface area contributed by atoms with E-state index in [2.05, 4.69) is 5.10 Å². The van der Waals surface area contributed by atoms with Gasteiger partial charge in [-0.05, 0) is 44.2 Å². The molecule has 0 saturated heterocycles. The van der Waals surface area contributed by atoms with E-state index in [0.717, 1.165) is 22.6 Å². The van der Waals surface area contributed by atoms with E-state index in [1.54, 1.807) is 22.9 Å². The summed E-state index contributed by atoms with van der Waals surface area (Å²) in [6, 6.07) is 6.01. The van der Waals surface area contributed by atoms with Crippen molar-refractivity contribution < 1.29 is 19.4 Å². The number of carbonyl (C=O) groups is 1. The van der Waals surface area contributed by atoms with Crippen LogP contribution in [-0.2, 0) is 4.79 Å². The van der Waals surface area contributed by atoms with Gasteiger partial charge in [0, 0.05) is 30.4 Å². The number of benzene rings is 1. The molecule has 1 aromatic carbocycles. The van der Waals surface area contributed by atoms with E-state index >= 15 is 0 Å². The van der Waals surface area contributed by atoms with Crippen LogP contribution in [0, 0.1) is 19.7 Å². The number of aliphatic hydroxyl groups is 2. The maximum Gasteiger partial charge on any atom is 0.246 e. The summed E-state index contributed by atoms with van der Waals surface area (Å²) < 4.78 is 14.8. The molecule has 0 aliphatic carbocycles. The van der Waals surface area contributed by atoms with E-state index in [9.17, 15) is 9.18 Å². The van der Waals surface area contributed by atoms with Crippen LogP contribution in [0.5, 0.6) is 0 Å². The van der Waals surface area contributed by atoms with Crippen LogP contribution in [0.25, 0.3) is 11.8 Å². The fourth-order valence-corrected chi connectivity index (χ4v) is 2.56. The number of hydrogen-bond donors (Lipinski definition) is 2. The molecule has 7 heteroatoms. The summed E-state index contributed by atoms with van der Waals surface area (Å²) in [6.07, 6.45) is 3.07. The predicted octanol–water partition coefficient (Wildman–Crippen LogP) is 1.45. The second kappa shape index (κ2) is 8.55. The molecule has 0 aliphatic rings. The Morgan fingerprint density at radius 3 is 2.36 bits per heavy atom. The van der Waals surface area contributed by atoms with Gasteiger partial charge < -0.3 is 15.1 Å². The average Bonchev–Trinajstić information content (AvgIpc) is 2.87. The van der Waals surface area contributed by atoms with E-state index in [-0.39, 0.29) is 38.0 Å². The van der Waals surface area contributed by atoms with E-state index in [0.29, 0.717) is 0 Å². The van der Waals surface area contributed by atoms with Gasteiger partial charge in [0.2, 0.25) is 5.91 Å². The average molecular weight is 347 g/mol. The second-order valence-electron chi connectivity index (χ2n) is 5.58. The molecule has 0 unspecified atom stereocenters. The van der Waals surface area contributed by atoms with Gasteiger partial charge in [0.15, 0.2) is 0 Å². The number of aliphatic hydroxyl groups excluding tert-OH is 2. The largest absolute Gasteiger partial charge is 0.395 e. The highest BCUT2D eigenvalue weighted by Gasteiger charge is 2.13. The van der Waals surface area contributed by atoms with Gasteiger partial charge >= 0.3 is 0 Å². The first-order valence-electron chi connectivity index (χ1n) is 7.98. The minimum Gasteiger partial charge on any atom is -0.395 e. The van der Waals surface area contributed by atoms with Gasteiger partial charge in [-0.25, -0.2) is 9.07 Å². The zero-order chi connectivity index (χ0) is 18.4. The maximum absolute atomic E-state index is 13.1. The van der Waals surface area contributed by atoms with E-state index in [1.807, 2.05) is 13.8 Å². The standard InChI is InChI=1S/C18H22FN3O3/c1-13-17(7-8-18(25)21(9-11-23)10-12-24)14(2)22(20-13)16-5-3-15(19)4-6-16/h3-8,23-24H,9-12H2,1-2H3/b8-7+.